The minimum atomic E-state index is -0.436. The van der Waals surface area contributed by atoms with E-state index in [0.717, 1.165) is 6.42 Å². The Labute approximate surface area is 89.3 Å². The maximum atomic E-state index is 13.0. The van der Waals surface area contributed by atoms with Gasteiger partial charge in [0.25, 0.3) is 0 Å². The molecule has 0 aliphatic rings. The predicted octanol–water partition coefficient (Wildman–Crippen LogP) is 3.12. The number of rotatable bonds is 4. The third kappa shape index (κ3) is 3.99. The van der Waals surface area contributed by atoms with Crippen LogP contribution < -0.4 is 4.74 Å². The molecule has 2 nitrogen and oxygen atoms in total. The third-order valence-corrected chi connectivity index (χ3v) is 1.96. The van der Waals surface area contributed by atoms with Crippen LogP contribution in [-0.4, -0.2) is 6.61 Å². The fourth-order valence-corrected chi connectivity index (χ4v) is 1.12. The van der Waals surface area contributed by atoms with Crippen molar-refractivity contribution in [3.8, 4) is 11.8 Å². The molecule has 0 heterocycles. The summed E-state index contributed by atoms with van der Waals surface area (Å²) in [6.07, 6.45) is 0.915. The van der Waals surface area contributed by atoms with Crippen LogP contribution >= 0.6 is 0 Å². The zero-order valence-electron chi connectivity index (χ0n) is 8.96. The Morgan fingerprint density at radius 3 is 2.73 bits per heavy atom. The molecule has 0 bridgehead atoms. The largest absolute Gasteiger partial charge is 0.493 e. The summed E-state index contributed by atoms with van der Waals surface area (Å²) in [6, 6.07) is 5.92. The van der Waals surface area contributed by atoms with E-state index in [1.165, 1.54) is 12.1 Å². The number of ether oxygens (including phenoxy) is 1. The Bertz CT molecular complexity index is 368. The highest BCUT2D eigenvalue weighted by molar-refractivity contribution is 5.36. The van der Waals surface area contributed by atoms with E-state index in [4.69, 9.17) is 10.00 Å². The summed E-state index contributed by atoms with van der Waals surface area (Å²) in [7, 11) is 0. The van der Waals surface area contributed by atoms with E-state index < -0.39 is 5.82 Å². The molecule has 0 unspecified atom stereocenters. The van der Waals surface area contributed by atoms with Gasteiger partial charge in [0.05, 0.1) is 18.2 Å². The van der Waals surface area contributed by atoms with E-state index in [1.54, 1.807) is 6.07 Å². The molecule has 0 aromatic heterocycles. The SMILES string of the molecule is CC(C)CCOc1cc(F)cc(C#N)c1. The average Bonchev–Trinajstić information content (AvgIpc) is 2.16. The Kier molecular flexibility index (Phi) is 4.11. The Morgan fingerprint density at radius 1 is 1.40 bits per heavy atom. The minimum Gasteiger partial charge on any atom is -0.493 e. The van der Waals surface area contributed by atoms with Gasteiger partial charge in [0.1, 0.15) is 11.6 Å². The van der Waals surface area contributed by atoms with Gasteiger partial charge in [-0.1, -0.05) is 13.8 Å². The molecule has 80 valence electrons. The summed E-state index contributed by atoms with van der Waals surface area (Å²) in [6.45, 7) is 4.73. The Morgan fingerprint density at radius 2 is 2.13 bits per heavy atom. The molecular formula is C12H14FNO. The second kappa shape index (κ2) is 5.35. The fraction of sp³-hybridized carbons (Fsp3) is 0.417. The second-order valence-corrected chi connectivity index (χ2v) is 3.82. The number of hydrogen-bond acceptors (Lipinski definition) is 2. The quantitative estimate of drug-likeness (QED) is 0.759. The van der Waals surface area contributed by atoms with Crippen LogP contribution in [0.4, 0.5) is 4.39 Å². The van der Waals surface area contributed by atoms with Gasteiger partial charge in [-0.05, 0) is 24.5 Å². The summed E-state index contributed by atoms with van der Waals surface area (Å²) in [5, 5.41) is 8.63. The van der Waals surface area contributed by atoms with E-state index >= 15 is 0 Å². The molecule has 0 N–H and O–H groups in total. The molecule has 0 saturated carbocycles. The van der Waals surface area contributed by atoms with Crippen molar-refractivity contribution in [1.29, 1.82) is 5.26 Å². The van der Waals surface area contributed by atoms with Crippen molar-refractivity contribution in [2.24, 2.45) is 5.92 Å². The number of nitrogens with zero attached hydrogens (tertiary/aromatic N) is 1. The number of hydrogen-bond donors (Lipinski definition) is 0. The molecule has 1 rings (SSSR count). The van der Waals surface area contributed by atoms with Crippen LogP contribution in [0.25, 0.3) is 0 Å². The summed E-state index contributed by atoms with van der Waals surface area (Å²) in [4.78, 5) is 0. The van der Waals surface area contributed by atoms with E-state index in [2.05, 4.69) is 13.8 Å². The molecule has 0 atom stereocenters. The van der Waals surface area contributed by atoms with Crippen LogP contribution in [0.5, 0.6) is 5.75 Å². The highest BCUT2D eigenvalue weighted by Crippen LogP contribution is 2.16. The molecular weight excluding hydrogens is 193 g/mol. The molecule has 0 fully saturated rings. The van der Waals surface area contributed by atoms with Crippen molar-refractivity contribution in [1.82, 2.24) is 0 Å². The van der Waals surface area contributed by atoms with Crippen molar-refractivity contribution in [2.45, 2.75) is 20.3 Å². The van der Waals surface area contributed by atoms with Crippen LogP contribution in [-0.2, 0) is 0 Å². The van der Waals surface area contributed by atoms with Crippen molar-refractivity contribution in [3.63, 3.8) is 0 Å². The maximum absolute atomic E-state index is 13.0. The highest BCUT2D eigenvalue weighted by Gasteiger charge is 2.01. The summed E-state index contributed by atoms with van der Waals surface area (Å²) >= 11 is 0. The van der Waals surface area contributed by atoms with Crippen molar-refractivity contribution in [3.05, 3.63) is 29.6 Å². The number of nitriles is 1. The molecule has 15 heavy (non-hydrogen) atoms. The molecule has 1 aromatic carbocycles. The highest BCUT2D eigenvalue weighted by atomic mass is 19.1. The lowest BCUT2D eigenvalue weighted by molar-refractivity contribution is 0.288. The summed E-state index contributed by atoms with van der Waals surface area (Å²) in [5.41, 5.74) is 0.287. The van der Waals surface area contributed by atoms with Gasteiger partial charge in [-0.25, -0.2) is 4.39 Å². The zero-order valence-corrected chi connectivity index (χ0v) is 8.96. The summed E-state index contributed by atoms with van der Waals surface area (Å²) in [5.74, 6) is 0.537. The van der Waals surface area contributed by atoms with Gasteiger partial charge >= 0.3 is 0 Å². The Hall–Kier alpha value is -1.56. The second-order valence-electron chi connectivity index (χ2n) is 3.82. The fourth-order valence-electron chi connectivity index (χ4n) is 1.12. The Balaban J connectivity index is 2.61. The predicted molar refractivity (Wildman–Crippen MR) is 56.1 cm³/mol. The average molecular weight is 207 g/mol. The standard InChI is InChI=1S/C12H14FNO/c1-9(2)3-4-15-12-6-10(8-14)5-11(13)7-12/h5-7,9H,3-4H2,1-2H3. The van der Waals surface area contributed by atoms with Crippen LogP contribution in [0, 0.1) is 23.1 Å². The number of halogens is 1. The van der Waals surface area contributed by atoms with Gasteiger partial charge in [0.15, 0.2) is 0 Å². The van der Waals surface area contributed by atoms with Crippen LogP contribution in [0.3, 0.4) is 0 Å². The first-order chi connectivity index (χ1) is 7.11. The van der Waals surface area contributed by atoms with Crippen LogP contribution in [0.15, 0.2) is 18.2 Å². The first-order valence-electron chi connectivity index (χ1n) is 4.95. The van der Waals surface area contributed by atoms with Crippen molar-refractivity contribution < 1.29 is 9.13 Å². The lowest BCUT2D eigenvalue weighted by atomic mass is 10.1. The number of benzene rings is 1. The van der Waals surface area contributed by atoms with Gasteiger partial charge < -0.3 is 4.74 Å². The molecule has 0 saturated heterocycles. The van der Waals surface area contributed by atoms with Crippen molar-refractivity contribution >= 4 is 0 Å². The van der Waals surface area contributed by atoms with Gasteiger partial charge in [-0.3, -0.25) is 0 Å². The molecule has 0 aliphatic heterocycles. The van der Waals surface area contributed by atoms with E-state index in [0.29, 0.717) is 18.3 Å². The molecule has 3 heteroatoms. The van der Waals surface area contributed by atoms with Gasteiger partial charge in [-0.15, -0.1) is 0 Å². The molecule has 1 aromatic rings. The molecule has 0 radical (unpaired) electrons. The zero-order chi connectivity index (χ0) is 11.3. The molecule has 0 amide bonds. The summed E-state index contributed by atoms with van der Waals surface area (Å²) < 4.78 is 18.3. The van der Waals surface area contributed by atoms with E-state index in [1.807, 2.05) is 6.07 Å². The van der Waals surface area contributed by atoms with Gasteiger partial charge in [0, 0.05) is 6.07 Å². The minimum absolute atomic E-state index is 0.287. The van der Waals surface area contributed by atoms with Gasteiger partial charge in [0.2, 0.25) is 0 Å². The topological polar surface area (TPSA) is 33.0 Å². The monoisotopic (exact) mass is 207 g/mol. The third-order valence-electron chi connectivity index (χ3n) is 1.96. The van der Waals surface area contributed by atoms with Crippen LogP contribution in [0.1, 0.15) is 25.8 Å². The molecule has 0 aliphatic carbocycles. The first-order valence-corrected chi connectivity index (χ1v) is 4.95. The van der Waals surface area contributed by atoms with E-state index in [-0.39, 0.29) is 5.56 Å². The van der Waals surface area contributed by atoms with Gasteiger partial charge in [-0.2, -0.15) is 5.26 Å². The van der Waals surface area contributed by atoms with Crippen LogP contribution in [0.2, 0.25) is 0 Å². The maximum Gasteiger partial charge on any atom is 0.128 e. The first kappa shape index (κ1) is 11.5. The lowest BCUT2D eigenvalue weighted by Crippen LogP contribution is -2.01. The smallest absolute Gasteiger partial charge is 0.128 e. The van der Waals surface area contributed by atoms with Crippen molar-refractivity contribution in [2.75, 3.05) is 6.61 Å². The van der Waals surface area contributed by atoms with E-state index in [9.17, 15) is 4.39 Å². The normalized spacial score (nSPS) is 10.1. The molecule has 0 spiro atoms. The lowest BCUT2D eigenvalue weighted by Gasteiger charge is -2.08.